The number of hydrogen-bond acceptors (Lipinski definition) is 3. The maximum atomic E-state index is 11.7. The molecule has 0 aliphatic heterocycles. The van der Waals surface area contributed by atoms with Crippen LogP contribution < -0.4 is 11.1 Å². The SMILES string of the molecule is CCCCS(=O)CC(=O)Nc1c(Cl)cc(N)cc1Cl. The van der Waals surface area contributed by atoms with Gasteiger partial charge in [-0.2, -0.15) is 0 Å². The van der Waals surface area contributed by atoms with Crippen molar-refractivity contribution >= 4 is 51.3 Å². The van der Waals surface area contributed by atoms with Crippen molar-refractivity contribution in [2.24, 2.45) is 0 Å². The molecule has 1 aromatic carbocycles. The number of amides is 1. The van der Waals surface area contributed by atoms with Gasteiger partial charge in [-0.1, -0.05) is 36.5 Å². The first-order chi connectivity index (χ1) is 8.93. The average Bonchev–Trinajstić information content (AvgIpc) is 2.31. The third-order valence-electron chi connectivity index (χ3n) is 2.35. The van der Waals surface area contributed by atoms with Gasteiger partial charge in [0.25, 0.3) is 0 Å². The molecule has 1 unspecified atom stereocenters. The van der Waals surface area contributed by atoms with Crippen LogP contribution in [0.2, 0.25) is 10.0 Å². The lowest BCUT2D eigenvalue weighted by atomic mass is 10.3. The largest absolute Gasteiger partial charge is 0.399 e. The van der Waals surface area contributed by atoms with Crippen LogP contribution in [0.4, 0.5) is 11.4 Å². The van der Waals surface area contributed by atoms with Gasteiger partial charge in [0, 0.05) is 22.2 Å². The second-order valence-corrected chi connectivity index (χ2v) is 6.44. The van der Waals surface area contributed by atoms with Gasteiger partial charge >= 0.3 is 0 Å². The molecule has 4 nitrogen and oxygen atoms in total. The van der Waals surface area contributed by atoms with Crippen LogP contribution >= 0.6 is 23.2 Å². The molecule has 19 heavy (non-hydrogen) atoms. The highest BCUT2D eigenvalue weighted by Gasteiger charge is 2.13. The number of rotatable bonds is 6. The molecular weight excluding hydrogens is 307 g/mol. The highest BCUT2D eigenvalue weighted by molar-refractivity contribution is 7.85. The Morgan fingerprint density at radius 3 is 2.47 bits per heavy atom. The van der Waals surface area contributed by atoms with Crippen LogP contribution in [0.25, 0.3) is 0 Å². The average molecular weight is 323 g/mol. The molecule has 0 aliphatic rings. The molecule has 0 spiro atoms. The lowest BCUT2D eigenvalue weighted by Gasteiger charge is -2.10. The molecule has 0 radical (unpaired) electrons. The Hall–Kier alpha value is -0.780. The van der Waals surface area contributed by atoms with Gasteiger partial charge in [0.2, 0.25) is 5.91 Å². The summed E-state index contributed by atoms with van der Waals surface area (Å²) in [4.78, 5) is 11.7. The van der Waals surface area contributed by atoms with Gasteiger partial charge in [0.1, 0.15) is 5.75 Å². The third-order valence-corrected chi connectivity index (χ3v) is 4.27. The molecule has 1 aromatic rings. The van der Waals surface area contributed by atoms with Crippen molar-refractivity contribution in [2.45, 2.75) is 19.8 Å². The van der Waals surface area contributed by atoms with Crippen LogP contribution in [-0.4, -0.2) is 21.6 Å². The van der Waals surface area contributed by atoms with E-state index in [0.717, 1.165) is 12.8 Å². The van der Waals surface area contributed by atoms with Crippen molar-refractivity contribution in [1.82, 2.24) is 0 Å². The number of hydrogen-bond donors (Lipinski definition) is 2. The number of carbonyl (C=O) groups is 1. The summed E-state index contributed by atoms with van der Waals surface area (Å²) in [5.41, 5.74) is 6.28. The fourth-order valence-electron chi connectivity index (χ4n) is 1.41. The molecule has 0 aliphatic carbocycles. The summed E-state index contributed by atoms with van der Waals surface area (Å²) < 4.78 is 11.6. The van der Waals surface area contributed by atoms with E-state index in [2.05, 4.69) is 5.32 Å². The highest BCUT2D eigenvalue weighted by atomic mass is 35.5. The first-order valence-corrected chi connectivity index (χ1v) is 8.07. The van der Waals surface area contributed by atoms with E-state index < -0.39 is 10.8 Å². The Morgan fingerprint density at radius 1 is 1.37 bits per heavy atom. The summed E-state index contributed by atoms with van der Waals surface area (Å²) in [6.45, 7) is 2.01. The van der Waals surface area contributed by atoms with Crippen LogP contribution in [0.1, 0.15) is 19.8 Å². The second-order valence-electron chi connectivity index (χ2n) is 4.05. The lowest BCUT2D eigenvalue weighted by Crippen LogP contribution is -2.21. The van der Waals surface area contributed by atoms with Gasteiger partial charge in [0.15, 0.2) is 0 Å². The predicted octanol–water partition coefficient (Wildman–Crippen LogP) is 3.06. The molecule has 0 saturated carbocycles. The van der Waals surface area contributed by atoms with Crippen LogP contribution in [-0.2, 0) is 15.6 Å². The van der Waals surface area contributed by atoms with E-state index in [1.807, 2.05) is 6.92 Å². The summed E-state index contributed by atoms with van der Waals surface area (Å²) in [5, 5.41) is 3.09. The van der Waals surface area contributed by atoms with Crippen molar-refractivity contribution in [3.8, 4) is 0 Å². The number of carbonyl (C=O) groups excluding carboxylic acids is 1. The third kappa shape index (κ3) is 5.38. The van der Waals surface area contributed by atoms with Crippen LogP contribution in [0.5, 0.6) is 0 Å². The van der Waals surface area contributed by atoms with Crippen molar-refractivity contribution < 1.29 is 9.00 Å². The molecule has 0 heterocycles. The zero-order chi connectivity index (χ0) is 14.4. The van der Waals surface area contributed by atoms with Crippen molar-refractivity contribution in [1.29, 1.82) is 0 Å². The quantitative estimate of drug-likeness (QED) is 0.790. The topological polar surface area (TPSA) is 72.2 Å². The van der Waals surface area contributed by atoms with Gasteiger partial charge in [-0.25, -0.2) is 0 Å². The molecule has 0 aromatic heterocycles. The van der Waals surface area contributed by atoms with E-state index in [1.165, 1.54) is 12.1 Å². The van der Waals surface area contributed by atoms with Gasteiger partial charge in [0.05, 0.1) is 15.7 Å². The Labute approximate surface area is 125 Å². The molecule has 0 bridgehead atoms. The fraction of sp³-hybridized carbons (Fsp3) is 0.417. The Bertz CT molecular complexity index is 472. The number of benzene rings is 1. The minimum Gasteiger partial charge on any atom is -0.399 e. The summed E-state index contributed by atoms with van der Waals surface area (Å²) >= 11 is 11.9. The van der Waals surface area contributed by atoms with Crippen molar-refractivity contribution in [3.05, 3.63) is 22.2 Å². The molecular formula is C12H16Cl2N2O2S. The number of nitrogens with two attached hydrogens (primary N) is 1. The Kier molecular flexibility index (Phi) is 6.62. The molecule has 1 amide bonds. The first-order valence-electron chi connectivity index (χ1n) is 5.83. The van der Waals surface area contributed by atoms with E-state index >= 15 is 0 Å². The van der Waals surface area contributed by atoms with Crippen molar-refractivity contribution in [3.63, 3.8) is 0 Å². The summed E-state index contributed by atoms with van der Waals surface area (Å²) in [7, 11) is -1.16. The maximum Gasteiger partial charge on any atom is 0.237 e. The van der Waals surface area contributed by atoms with Gasteiger partial charge < -0.3 is 11.1 Å². The van der Waals surface area contributed by atoms with Gasteiger partial charge in [-0.05, 0) is 18.6 Å². The summed E-state index contributed by atoms with van der Waals surface area (Å²) in [6, 6.07) is 2.99. The molecule has 3 N–H and O–H groups in total. The van der Waals surface area contributed by atoms with E-state index in [9.17, 15) is 9.00 Å². The molecule has 106 valence electrons. The number of unbranched alkanes of at least 4 members (excludes halogenated alkanes) is 1. The standard InChI is InChI=1S/C12H16Cl2N2O2S/c1-2-3-4-19(18)7-11(17)16-12-9(13)5-8(15)6-10(12)14/h5-6H,2-4,7,15H2,1H3,(H,16,17). The van der Waals surface area contributed by atoms with Crippen molar-refractivity contribution in [2.75, 3.05) is 22.6 Å². The van der Waals surface area contributed by atoms with Gasteiger partial charge in [-0.3, -0.25) is 9.00 Å². The normalized spacial score (nSPS) is 12.2. The summed E-state index contributed by atoms with van der Waals surface area (Å²) in [5.74, 6) is 0.0902. The van der Waals surface area contributed by atoms with Crippen LogP contribution in [0.3, 0.4) is 0 Å². The lowest BCUT2D eigenvalue weighted by molar-refractivity contribution is -0.113. The highest BCUT2D eigenvalue weighted by Crippen LogP contribution is 2.32. The van der Waals surface area contributed by atoms with E-state index in [0.29, 0.717) is 17.1 Å². The number of anilines is 2. The van der Waals surface area contributed by atoms with Crippen LogP contribution in [0, 0.1) is 0 Å². The molecule has 0 fully saturated rings. The second kappa shape index (κ2) is 7.72. The number of nitrogen functional groups attached to an aromatic ring is 1. The van der Waals surface area contributed by atoms with Gasteiger partial charge in [-0.15, -0.1) is 0 Å². The predicted molar refractivity (Wildman–Crippen MR) is 82.3 cm³/mol. The monoisotopic (exact) mass is 322 g/mol. The minimum atomic E-state index is -1.16. The Balaban J connectivity index is 2.65. The van der Waals surface area contributed by atoms with E-state index in [1.54, 1.807) is 0 Å². The minimum absolute atomic E-state index is 0.0585. The van der Waals surface area contributed by atoms with Crippen LogP contribution in [0.15, 0.2) is 12.1 Å². The maximum absolute atomic E-state index is 11.7. The summed E-state index contributed by atoms with van der Waals surface area (Å²) in [6.07, 6.45) is 1.78. The smallest absolute Gasteiger partial charge is 0.237 e. The first kappa shape index (κ1) is 16.3. The number of halogens is 2. The zero-order valence-electron chi connectivity index (χ0n) is 10.5. The number of nitrogens with one attached hydrogen (secondary N) is 1. The Morgan fingerprint density at radius 2 is 1.95 bits per heavy atom. The molecule has 1 atom stereocenters. The molecule has 0 saturated heterocycles. The van der Waals surface area contributed by atoms with E-state index in [4.69, 9.17) is 28.9 Å². The zero-order valence-corrected chi connectivity index (χ0v) is 12.9. The molecule has 7 heteroatoms. The fourth-order valence-corrected chi connectivity index (χ4v) is 3.13. The molecule has 1 rings (SSSR count). The van der Waals surface area contributed by atoms with E-state index in [-0.39, 0.29) is 21.7 Å².